The van der Waals surface area contributed by atoms with E-state index in [2.05, 4.69) is 9.64 Å². The van der Waals surface area contributed by atoms with Crippen LogP contribution in [0.5, 0.6) is 0 Å². The molecule has 1 saturated heterocycles. The van der Waals surface area contributed by atoms with Crippen LogP contribution in [0, 0.1) is 10.1 Å². The third kappa shape index (κ3) is 4.95. The summed E-state index contributed by atoms with van der Waals surface area (Å²) in [5, 5.41) is 10.5. The van der Waals surface area contributed by atoms with Gasteiger partial charge in [0.25, 0.3) is 12.2 Å². The Balaban J connectivity index is 0.000000399. The number of ether oxygens (including phenoxy) is 1. The number of carbonyl (C=O) groups excluding carboxylic acids is 1. The molecule has 0 spiro atoms. The number of methoxy groups -OCH3 is 1. The van der Waals surface area contributed by atoms with Gasteiger partial charge in [0.05, 0.1) is 12.0 Å². The molecule has 19 heavy (non-hydrogen) atoms. The summed E-state index contributed by atoms with van der Waals surface area (Å²) in [6, 6.07) is 6.82. The van der Waals surface area contributed by atoms with Crippen molar-refractivity contribution in [2.75, 3.05) is 25.1 Å². The fourth-order valence-corrected chi connectivity index (χ4v) is 1.94. The minimum atomic E-state index is -0.361. The second-order valence-corrected chi connectivity index (χ2v) is 4.15. The smallest absolute Gasteiger partial charge is 0.292 e. The van der Waals surface area contributed by atoms with E-state index in [9.17, 15) is 10.1 Å². The molecule has 6 nitrogen and oxygen atoms in total. The van der Waals surface area contributed by atoms with Crippen LogP contribution < -0.4 is 4.90 Å². The lowest BCUT2D eigenvalue weighted by Crippen LogP contribution is -2.29. The molecule has 1 fully saturated rings. The third-order valence-electron chi connectivity index (χ3n) is 2.88. The van der Waals surface area contributed by atoms with Crippen LogP contribution in [0.25, 0.3) is 0 Å². The maximum Gasteiger partial charge on any atom is 0.292 e. The number of rotatable bonds is 3. The number of carbonyl (C=O) groups is 1. The van der Waals surface area contributed by atoms with Gasteiger partial charge in [-0.25, -0.2) is 0 Å². The van der Waals surface area contributed by atoms with Crippen molar-refractivity contribution in [1.82, 2.24) is 0 Å². The molecule has 0 unspecified atom stereocenters. The first kappa shape index (κ1) is 14.9. The molecule has 0 aliphatic carbocycles. The second-order valence-electron chi connectivity index (χ2n) is 4.15. The van der Waals surface area contributed by atoms with Crippen LogP contribution in [0.4, 0.5) is 11.4 Å². The average Bonchev–Trinajstić information content (AvgIpc) is 2.48. The SMILES string of the molecule is COC=O.O=[N+]([O-])c1ccc(N2CCCCC2)cc1. The van der Waals surface area contributed by atoms with Crippen LogP contribution in [0.1, 0.15) is 19.3 Å². The fraction of sp³-hybridized carbons (Fsp3) is 0.462. The van der Waals surface area contributed by atoms with Gasteiger partial charge in [0.1, 0.15) is 0 Å². The predicted octanol–water partition coefficient (Wildman–Crippen LogP) is 2.37. The molecule has 0 saturated carbocycles. The molecule has 0 amide bonds. The van der Waals surface area contributed by atoms with Gasteiger partial charge in [-0.2, -0.15) is 0 Å². The Labute approximate surface area is 112 Å². The van der Waals surface area contributed by atoms with E-state index in [1.54, 1.807) is 12.1 Å². The van der Waals surface area contributed by atoms with Crippen molar-refractivity contribution >= 4 is 17.8 Å². The Morgan fingerprint density at radius 3 is 2.16 bits per heavy atom. The maximum absolute atomic E-state index is 10.5. The molecular formula is C13H18N2O4. The van der Waals surface area contributed by atoms with E-state index in [0.29, 0.717) is 6.47 Å². The first-order valence-electron chi connectivity index (χ1n) is 6.15. The van der Waals surface area contributed by atoms with E-state index < -0.39 is 0 Å². The molecule has 1 aliphatic heterocycles. The first-order chi connectivity index (χ1) is 9.19. The van der Waals surface area contributed by atoms with Crippen molar-refractivity contribution in [3.05, 3.63) is 34.4 Å². The average molecular weight is 266 g/mol. The van der Waals surface area contributed by atoms with Crippen LogP contribution in [0.15, 0.2) is 24.3 Å². The summed E-state index contributed by atoms with van der Waals surface area (Å²) in [4.78, 5) is 21.4. The number of anilines is 1. The lowest BCUT2D eigenvalue weighted by Gasteiger charge is -2.28. The number of non-ortho nitro benzene ring substituents is 1. The zero-order chi connectivity index (χ0) is 14.1. The number of piperidine rings is 1. The van der Waals surface area contributed by atoms with Crippen LogP contribution in [0.3, 0.4) is 0 Å². The van der Waals surface area contributed by atoms with Crippen molar-refractivity contribution in [3.63, 3.8) is 0 Å². The molecule has 1 aromatic rings. The van der Waals surface area contributed by atoms with Gasteiger partial charge in [-0.1, -0.05) is 0 Å². The largest absolute Gasteiger partial charge is 0.471 e. The molecule has 1 aromatic carbocycles. The van der Waals surface area contributed by atoms with E-state index in [0.717, 1.165) is 18.8 Å². The fourth-order valence-electron chi connectivity index (χ4n) is 1.94. The van der Waals surface area contributed by atoms with Crippen LogP contribution in [-0.2, 0) is 9.53 Å². The highest BCUT2D eigenvalue weighted by Crippen LogP contribution is 2.22. The normalized spacial score (nSPS) is 14.1. The van der Waals surface area contributed by atoms with E-state index in [4.69, 9.17) is 4.79 Å². The Morgan fingerprint density at radius 1 is 1.21 bits per heavy atom. The van der Waals surface area contributed by atoms with Gasteiger partial charge in [0.15, 0.2) is 0 Å². The molecule has 0 aromatic heterocycles. The minimum absolute atomic E-state index is 0.163. The van der Waals surface area contributed by atoms with Gasteiger partial charge >= 0.3 is 0 Å². The Hall–Kier alpha value is -2.11. The van der Waals surface area contributed by atoms with Crippen LogP contribution >= 0.6 is 0 Å². The molecule has 1 aliphatic rings. The molecule has 0 bridgehead atoms. The van der Waals surface area contributed by atoms with E-state index in [1.165, 1.54) is 26.4 Å². The van der Waals surface area contributed by atoms with Gasteiger partial charge in [-0.15, -0.1) is 0 Å². The summed E-state index contributed by atoms with van der Waals surface area (Å²) >= 11 is 0. The van der Waals surface area contributed by atoms with Gasteiger partial charge in [0, 0.05) is 30.9 Å². The summed E-state index contributed by atoms with van der Waals surface area (Å²) in [6.07, 6.45) is 3.73. The second kappa shape index (κ2) is 8.07. The predicted molar refractivity (Wildman–Crippen MR) is 72.2 cm³/mol. The standard InChI is InChI=1S/C11H14N2O2.C2H4O2/c14-13(15)11-6-4-10(5-7-11)12-8-2-1-3-9-12;1-4-2-3/h4-7H,1-3,8-9H2;2H,1H3. The molecule has 0 radical (unpaired) electrons. The van der Waals surface area contributed by atoms with Gasteiger partial charge in [-0.3, -0.25) is 14.9 Å². The van der Waals surface area contributed by atoms with E-state index in [-0.39, 0.29) is 10.6 Å². The molecule has 1 heterocycles. The molecule has 6 heteroatoms. The quantitative estimate of drug-likeness (QED) is 0.477. The first-order valence-corrected chi connectivity index (χ1v) is 6.15. The van der Waals surface area contributed by atoms with Crippen LogP contribution in [-0.4, -0.2) is 31.6 Å². The number of hydrogen-bond acceptors (Lipinski definition) is 5. The zero-order valence-electron chi connectivity index (χ0n) is 10.9. The number of nitro benzene ring substituents is 1. The van der Waals surface area contributed by atoms with Crippen molar-refractivity contribution < 1.29 is 14.5 Å². The Kier molecular flexibility index (Phi) is 6.35. The highest BCUT2D eigenvalue weighted by molar-refractivity contribution is 5.51. The van der Waals surface area contributed by atoms with Crippen LogP contribution in [0.2, 0.25) is 0 Å². The summed E-state index contributed by atoms with van der Waals surface area (Å²) in [5.74, 6) is 0. The molecule has 0 atom stereocenters. The number of hydrogen-bond donors (Lipinski definition) is 0. The lowest BCUT2D eigenvalue weighted by atomic mass is 10.1. The van der Waals surface area contributed by atoms with E-state index >= 15 is 0 Å². The van der Waals surface area contributed by atoms with Gasteiger partial charge < -0.3 is 9.64 Å². The number of benzene rings is 1. The van der Waals surface area contributed by atoms with Gasteiger partial charge in [0.2, 0.25) is 0 Å². The monoisotopic (exact) mass is 266 g/mol. The van der Waals surface area contributed by atoms with E-state index in [1.807, 2.05) is 12.1 Å². The molecular weight excluding hydrogens is 248 g/mol. The van der Waals surface area contributed by atoms with Crippen molar-refractivity contribution in [1.29, 1.82) is 0 Å². The summed E-state index contributed by atoms with van der Waals surface area (Å²) in [7, 11) is 1.31. The third-order valence-corrected chi connectivity index (χ3v) is 2.88. The molecule has 2 rings (SSSR count). The maximum atomic E-state index is 10.5. The minimum Gasteiger partial charge on any atom is -0.471 e. The highest BCUT2D eigenvalue weighted by atomic mass is 16.6. The molecule has 104 valence electrons. The zero-order valence-corrected chi connectivity index (χ0v) is 10.9. The summed E-state index contributed by atoms with van der Waals surface area (Å²) in [5.41, 5.74) is 1.26. The number of nitrogens with zero attached hydrogens (tertiary/aromatic N) is 2. The van der Waals surface area contributed by atoms with Crippen molar-refractivity contribution in [3.8, 4) is 0 Å². The Morgan fingerprint density at radius 2 is 1.74 bits per heavy atom. The topological polar surface area (TPSA) is 72.7 Å². The molecule has 0 N–H and O–H groups in total. The lowest BCUT2D eigenvalue weighted by molar-refractivity contribution is -0.384. The summed E-state index contributed by atoms with van der Waals surface area (Å²) < 4.78 is 3.86. The van der Waals surface area contributed by atoms with Crippen molar-refractivity contribution in [2.24, 2.45) is 0 Å². The number of nitro groups is 1. The summed E-state index contributed by atoms with van der Waals surface area (Å²) in [6.45, 7) is 2.51. The van der Waals surface area contributed by atoms with Crippen molar-refractivity contribution in [2.45, 2.75) is 19.3 Å². The van der Waals surface area contributed by atoms with Gasteiger partial charge in [-0.05, 0) is 31.4 Å². The Bertz CT molecular complexity index is 400. The highest BCUT2D eigenvalue weighted by Gasteiger charge is 2.12.